The van der Waals surface area contributed by atoms with Gasteiger partial charge < -0.3 is 15.0 Å². The Bertz CT molecular complexity index is 1130. The number of benzene rings is 2. The largest absolute Gasteiger partial charge is 0.497 e. The van der Waals surface area contributed by atoms with Crippen molar-refractivity contribution in [3.8, 4) is 5.75 Å². The fourth-order valence-electron chi connectivity index (χ4n) is 3.70. The fraction of sp³-hybridized carbons (Fsp3) is 0.462. The van der Waals surface area contributed by atoms with Crippen LogP contribution in [-0.2, 0) is 26.2 Å². The molecule has 2 aromatic carbocycles. The Labute approximate surface area is 213 Å². The average Bonchev–Trinajstić information content (AvgIpc) is 2.85. The maximum atomic E-state index is 14.3. The van der Waals surface area contributed by atoms with Crippen molar-refractivity contribution >= 4 is 27.5 Å². The van der Waals surface area contributed by atoms with Gasteiger partial charge in [0.15, 0.2) is 0 Å². The number of halogens is 1. The molecule has 2 aromatic rings. The van der Waals surface area contributed by atoms with Crippen molar-refractivity contribution in [1.82, 2.24) is 10.2 Å². The van der Waals surface area contributed by atoms with Crippen LogP contribution in [0.15, 0.2) is 48.5 Å². The van der Waals surface area contributed by atoms with E-state index in [2.05, 4.69) is 5.32 Å². The number of carbonyl (C=O) groups is 2. The third-order valence-corrected chi connectivity index (χ3v) is 6.98. The number of anilines is 1. The Morgan fingerprint density at radius 1 is 1.11 bits per heavy atom. The van der Waals surface area contributed by atoms with Crippen molar-refractivity contribution in [2.45, 2.75) is 52.1 Å². The van der Waals surface area contributed by atoms with E-state index in [1.807, 2.05) is 6.92 Å². The predicted octanol–water partition coefficient (Wildman–Crippen LogP) is 3.71. The summed E-state index contributed by atoms with van der Waals surface area (Å²) in [6.07, 6.45) is 3.02. The van der Waals surface area contributed by atoms with Gasteiger partial charge >= 0.3 is 0 Å². The van der Waals surface area contributed by atoms with Crippen LogP contribution in [0.2, 0.25) is 0 Å². The first kappa shape index (κ1) is 29.1. The highest BCUT2D eigenvalue weighted by Gasteiger charge is 2.27. The quantitative estimate of drug-likeness (QED) is 0.383. The molecule has 1 N–H and O–H groups in total. The first-order chi connectivity index (χ1) is 17.1. The zero-order chi connectivity index (χ0) is 26.7. The summed E-state index contributed by atoms with van der Waals surface area (Å²) in [5.41, 5.74) is 0.726. The first-order valence-electron chi connectivity index (χ1n) is 12.0. The minimum Gasteiger partial charge on any atom is -0.497 e. The number of amides is 2. The third kappa shape index (κ3) is 8.51. The Hall–Kier alpha value is -3.14. The smallest absolute Gasteiger partial charge is 0.242 e. The third-order valence-electron chi connectivity index (χ3n) is 5.79. The number of nitrogens with zero attached hydrogens (tertiary/aromatic N) is 2. The number of rotatable bonds is 14. The Kier molecular flexibility index (Phi) is 11.2. The van der Waals surface area contributed by atoms with Gasteiger partial charge in [-0.1, -0.05) is 37.6 Å². The molecule has 0 spiro atoms. The molecule has 0 unspecified atom stereocenters. The summed E-state index contributed by atoms with van der Waals surface area (Å²) in [6, 6.07) is 11.9. The van der Waals surface area contributed by atoms with Crippen LogP contribution in [0.3, 0.4) is 0 Å². The van der Waals surface area contributed by atoms with E-state index in [9.17, 15) is 22.4 Å². The summed E-state index contributed by atoms with van der Waals surface area (Å²) in [7, 11) is -2.13. The van der Waals surface area contributed by atoms with E-state index in [0.717, 1.165) is 19.1 Å². The molecule has 8 nitrogen and oxygen atoms in total. The Balaban J connectivity index is 2.17. The second-order valence-electron chi connectivity index (χ2n) is 8.57. The normalized spacial score (nSPS) is 12.0. The fourth-order valence-corrected chi connectivity index (χ4v) is 4.66. The van der Waals surface area contributed by atoms with Crippen LogP contribution in [0, 0.1) is 5.82 Å². The molecule has 0 heterocycles. The van der Waals surface area contributed by atoms with Crippen molar-refractivity contribution in [1.29, 1.82) is 0 Å². The van der Waals surface area contributed by atoms with Crippen LogP contribution in [0.1, 0.15) is 45.1 Å². The lowest BCUT2D eigenvalue weighted by atomic mass is 10.1. The van der Waals surface area contributed by atoms with Crippen molar-refractivity contribution in [3.63, 3.8) is 0 Å². The summed E-state index contributed by atoms with van der Waals surface area (Å²) in [5, 5.41) is 2.82. The standard InChI is InChI=1S/C26H36FN3O5S/c1-5-6-16-28-26(32)20(2)29(19-21-11-7-8-14-24(21)27)25(31)15-10-17-30(36(4,33)34)22-12-9-13-23(18-22)35-3/h7-9,11-14,18,20H,5-6,10,15-17,19H2,1-4H3,(H,28,32)/t20-/m1/s1. The number of hydrogen-bond donors (Lipinski definition) is 1. The second kappa shape index (κ2) is 13.8. The van der Waals surface area contributed by atoms with E-state index in [0.29, 0.717) is 23.5 Å². The van der Waals surface area contributed by atoms with Gasteiger partial charge in [-0.05, 0) is 38.0 Å². The number of sulfonamides is 1. The molecule has 2 rings (SSSR count). The number of carbonyl (C=O) groups excluding carboxylic acids is 2. The topological polar surface area (TPSA) is 96.0 Å². The Morgan fingerprint density at radius 2 is 1.83 bits per heavy atom. The van der Waals surface area contributed by atoms with Crippen LogP contribution in [0.5, 0.6) is 5.75 Å². The molecule has 198 valence electrons. The highest BCUT2D eigenvalue weighted by molar-refractivity contribution is 7.92. The lowest BCUT2D eigenvalue weighted by Gasteiger charge is -2.29. The molecule has 0 radical (unpaired) electrons. The summed E-state index contributed by atoms with van der Waals surface area (Å²) in [4.78, 5) is 27.3. The first-order valence-corrected chi connectivity index (χ1v) is 13.9. The van der Waals surface area contributed by atoms with E-state index in [1.165, 1.54) is 22.4 Å². The van der Waals surface area contributed by atoms with Crippen molar-refractivity contribution < 1.29 is 27.1 Å². The molecule has 1 atom stereocenters. The summed E-state index contributed by atoms with van der Waals surface area (Å²) < 4.78 is 45.6. The van der Waals surface area contributed by atoms with Crippen molar-refractivity contribution in [2.24, 2.45) is 0 Å². The van der Waals surface area contributed by atoms with Crippen molar-refractivity contribution in [2.75, 3.05) is 30.8 Å². The van der Waals surface area contributed by atoms with Gasteiger partial charge in [0.25, 0.3) is 0 Å². The average molecular weight is 522 g/mol. The lowest BCUT2D eigenvalue weighted by Crippen LogP contribution is -2.48. The molecule has 0 aromatic heterocycles. The number of methoxy groups -OCH3 is 1. The molecule has 0 bridgehead atoms. The minimum absolute atomic E-state index is 0.0168. The number of ether oxygens (including phenoxy) is 1. The van der Waals surface area contributed by atoms with Gasteiger partial charge in [0.1, 0.15) is 17.6 Å². The molecule has 0 saturated heterocycles. The highest BCUT2D eigenvalue weighted by atomic mass is 32.2. The molecule has 2 amide bonds. The molecule has 36 heavy (non-hydrogen) atoms. The van der Waals surface area contributed by atoms with Gasteiger partial charge in [0.05, 0.1) is 19.1 Å². The van der Waals surface area contributed by atoms with E-state index < -0.39 is 21.9 Å². The SMILES string of the molecule is CCCCNC(=O)[C@@H](C)N(Cc1ccccc1F)C(=O)CCCN(c1cccc(OC)c1)S(C)(=O)=O. The van der Waals surface area contributed by atoms with Crippen LogP contribution >= 0.6 is 0 Å². The molecule has 0 aliphatic rings. The highest BCUT2D eigenvalue weighted by Crippen LogP contribution is 2.24. The van der Waals surface area contributed by atoms with E-state index >= 15 is 0 Å². The van der Waals surface area contributed by atoms with Gasteiger partial charge in [-0.3, -0.25) is 13.9 Å². The van der Waals surface area contributed by atoms with Crippen LogP contribution < -0.4 is 14.4 Å². The monoisotopic (exact) mass is 521 g/mol. The molecule has 0 saturated carbocycles. The van der Waals surface area contributed by atoms with E-state index in [1.54, 1.807) is 49.4 Å². The van der Waals surface area contributed by atoms with E-state index in [-0.39, 0.29) is 37.7 Å². The molecule has 0 aliphatic heterocycles. The predicted molar refractivity (Wildman–Crippen MR) is 139 cm³/mol. The zero-order valence-electron chi connectivity index (χ0n) is 21.4. The maximum Gasteiger partial charge on any atom is 0.242 e. The second-order valence-corrected chi connectivity index (χ2v) is 10.5. The summed E-state index contributed by atoms with van der Waals surface area (Å²) in [5.74, 6) is -0.635. The number of unbranched alkanes of at least 4 members (excludes halogenated alkanes) is 1. The van der Waals surface area contributed by atoms with Gasteiger partial charge in [-0.2, -0.15) is 0 Å². The lowest BCUT2D eigenvalue weighted by molar-refractivity contribution is -0.140. The zero-order valence-corrected chi connectivity index (χ0v) is 22.2. The van der Waals surface area contributed by atoms with Gasteiger partial charge in [0, 0.05) is 37.7 Å². The van der Waals surface area contributed by atoms with Crippen molar-refractivity contribution in [3.05, 3.63) is 59.9 Å². The molecular weight excluding hydrogens is 485 g/mol. The van der Waals surface area contributed by atoms with Gasteiger partial charge in [-0.15, -0.1) is 0 Å². The minimum atomic E-state index is -3.62. The molecule has 10 heteroatoms. The van der Waals surface area contributed by atoms with Gasteiger partial charge in [0.2, 0.25) is 21.8 Å². The van der Waals surface area contributed by atoms with Crippen LogP contribution in [-0.4, -0.2) is 57.6 Å². The molecule has 0 aliphatic carbocycles. The molecular formula is C26H36FN3O5S. The summed E-state index contributed by atoms with van der Waals surface area (Å²) in [6.45, 7) is 4.10. The van der Waals surface area contributed by atoms with Gasteiger partial charge in [-0.25, -0.2) is 12.8 Å². The number of hydrogen-bond acceptors (Lipinski definition) is 5. The number of nitrogens with one attached hydrogen (secondary N) is 1. The van der Waals surface area contributed by atoms with Crippen LogP contribution in [0.4, 0.5) is 10.1 Å². The maximum absolute atomic E-state index is 14.3. The van der Waals surface area contributed by atoms with Crippen LogP contribution in [0.25, 0.3) is 0 Å². The summed E-state index contributed by atoms with van der Waals surface area (Å²) >= 11 is 0. The Morgan fingerprint density at radius 3 is 2.47 bits per heavy atom. The molecule has 0 fully saturated rings. The van der Waals surface area contributed by atoms with E-state index in [4.69, 9.17) is 4.74 Å².